The molecule has 27 heavy (non-hydrogen) atoms. The molecule has 0 saturated heterocycles. The zero-order valence-electron chi connectivity index (χ0n) is 14.1. The maximum absolute atomic E-state index is 12.9. The number of amides is 1. The van der Waals surface area contributed by atoms with E-state index in [0.29, 0.717) is 16.3 Å². The molecule has 0 radical (unpaired) electrons. The van der Waals surface area contributed by atoms with Gasteiger partial charge < -0.3 is 9.45 Å². The van der Waals surface area contributed by atoms with Crippen molar-refractivity contribution in [1.82, 2.24) is 0 Å². The number of anilines is 1. The third-order valence-electron chi connectivity index (χ3n) is 3.72. The van der Waals surface area contributed by atoms with E-state index in [-0.39, 0.29) is 86.6 Å². The minimum absolute atomic E-state index is 0. The molecule has 0 aliphatic carbocycles. The molecule has 11 heteroatoms. The number of nitrogens with zero attached hydrogens (tertiary/aromatic N) is 2. The molecule has 2 aromatic carbocycles. The Labute approximate surface area is 208 Å². The van der Waals surface area contributed by atoms with E-state index in [2.05, 4.69) is 9.44 Å². The molecule has 0 saturated carbocycles. The first-order chi connectivity index (χ1) is 12.3. The fraction of sp³-hybridized carbons (Fsp3) is 0.125. The third-order valence-corrected chi connectivity index (χ3v) is 4.53. The fourth-order valence-corrected chi connectivity index (χ4v) is 3.30. The van der Waals surface area contributed by atoms with Crippen molar-refractivity contribution in [2.75, 3.05) is 11.4 Å². The number of oxime groups is 1. The number of carbonyl (C=O) groups is 1. The maximum Gasteiger partial charge on any atom is 1.00 e. The van der Waals surface area contributed by atoms with Crippen LogP contribution in [0.4, 0.5) is 5.69 Å². The van der Waals surface area contributed by atoms with E-state index in [4.69, 9.17) is 23.2 Å². The van der Waals surface area contributed by atoms with Gasteiger partial charge in [-0.1, -0.05) is 46.6 Å². The number of hydrogen-bond acceptors (Lipinski definition) is 6. The average molecular weight is 453 g/mol. The molecule has 0 aromatic heterocycles. The van der Waals surface area contributed by atoms with Gasteiger partial charge in [0.25, 0.3) is 16.3 Å². The molecule has 0 unspecified atom stereocenters. The Morgan fingerprint density at radius 1 is 1.19 bits per heavy atom. The Balaban J connectivity index is 0.00000261. The van der Waals surface area contributed by atoms with Gasteiger partial charge in [0.05, 0.1) is 22.0 Å². The molecule has 1 aliphatic heterocycles. The van der Waals surface area contributed by atoms with Crippen LogP contribution in [0.15, 0.2) is 47.6 Å². The second kappa shape index (κ2) is 9.34. The summed E-state index contributed by atoms with van der Waals surface area (Å²) in [6.07, 6.45) is 0.198. The van der Waals surface area contributed by atoms with Gasteiger partial charge >= 0.3 is 51.4 Å². The van der Waals surface area contributed by atoms with Crippen molar-refractivity contribution in [3.05, 3.63) is 63.6 Å². The minimum Gasteiger partial charge on any atom is -0.714 e. The Kier molecular flexibility index (Phi) is 7.88. The van der Waals surface area contributed by atoms with Gasteiger partial charge in [0.2, 0.25) is 0 Å². The van der Waals surface area contributed by atoms with Crippen molar-refractivity contribution in [3.63, 3.8) is 0 Å². The summed E-state index contributed by atoms with van der Waals surface area (Å²) in [7, 11) is -4.96. The van der Waals surface area contributed by atoms with Crippen molar-refractivity contribution in [2.45, 2.75) is 6.42 Å². The predicted molar refractivity (Wildman–Crippen MR) is 96.5 cm³/mol. The normalized spacial score (nSPS) is 15.1. The summed E-state index contributed by atoms with van der Waals surface area (Å²) in [5.41, 5.74) is 1.53. The van der Waals surface area contributed by atoms with E-state index in [1.165, 1.54) is 17.0 Å². The molecule has 0 bridgehead atoms. The topological polar surface area (TPSA) is 99.1 Å². The third kappa shape index (κ3) is 5.52. The van der Waals surface area contributed by atoms with Gasteiger partial charge in [0.1, 0.15) is 0 Å². The summed E-state index contributed by atoms with van der Waals surface area (Å²) in [5, 5.41) is 4.06. The Morgan fingerprint density at radius 2 is 1.89 bits per heavy atom. The molecule has 0 spiro atoms. The molecule has 1 amide bonds. The summed E-state index contributed by atoms with van der Waals surface area (Å²) in [4.78, 5) is 14.4. The van der Waals surface area contributed by atoms with E-state index in [1.54, 1.807) is 30.3 Å². The molecule has 2 aromatic rings. The van der Waals surface area contributed by atoms with Crippen LogP contribution >= 0.6 is 23.2 Å². The molecule has 0 fully saturated rings. The van der Waals surface area contributed by atoms with Gasteiger partial charge in [-0.05, 0) is 24.3 Å². The number of benzene rings is 2. The van der Waals surface area contributed by atoms with Gasteiger partial charge in [-0.25, -0.2) is 0 Å². The number of hydrogen-bond donors (Lipinski definition) is 0. The quantitative estimate of drug-likeness (QED) is 0.287. The van der Waals surface area contributed by atoms with Crippen molar-refractivity contribution in [1.29, 1.82) is 0 Å². The average Bonchev–Trinajstić information content (AvgIpc) is 2.58. The van der Waals surface area contributed by atoms with Gasteiger partial charge in [-0.2, -0.15) is 8.42 Å². The van der Waals surface area contributed by atoms with E-state index < -0.39 is 10.4 Å². The Morgan fingerprint density at radius 3 is 2.56 bits per heavy atom. The number of carbonyl (C=O) groups excluding carboxylic acids is 1. The monoisotopic (exact) mass is 452 g/mol. The number of para-hydroxylation sites is 1. The SMILES string of the molecule is O=C(c1ccc(Cl)cc1Cl)N1CC/C(=N/OS(=O)(=O)[O-])c2ccccc21.[K+]. The number of fused-ring (bicyclic) bond motifs is 1. The van der Waals surface area contributed by atoms with Crippen molar-refractivity contribution >= 4 is 50.9 Å². The molecule has 1 aliphatic rings. The fourth-order valence-electron chi connectivity index (χ4n) is 2.63. The van der Waals surface area contributed by atoms with Crippen LogP contribution in [0.1, 0.15) is 22.3 Å². The summed E-state index contributed by atoms with van der Waals surface area (Å²) >= 11 is 12.0. The van der Waals surface area contributed by atoms with Crippen LogP contribution in [0.5, 0.6) is 0 Å². The summed E-state index contributed by atoms with van der Waals surface area (Å²) in [5.74, 6) is -0.337. The van der Waals surface area contributed by atoms with Crippen LogP contribution in [-0.2, 0) is 14.7 Å². The van der Waals surface area contributed by atoms with Crippen LogP contribution in [0.2, 0.25) is 10.0 Å². The van der Waals surface area contributed by atoms with Gasteiger partial charge in [0.15, 0.2) is 0 Å². The molecular weight excluding hydrogens is 442 g/mol. The molecular formula is C16H11Cl2KN2O5S. The predicted octanol–water partition coefficient (Wildman–Crippen LogP) is 0.229. The second-order valence-corrected chi connectivity index (χ2v) is 7.18. The number of rotatable bonds is 3. The maximum atomic E-state index is 12.9. The van der Waals surface area contributed by atoms with E-state index in [1.807, 2.05) is 0 Å². The second-order valence-electron chi connectivity index (χ2n) is 5.37. The molecule has 0 atom stereocenters. The summed E-state index contributed by atoms with van der Waals surface area (Å²) < 4.78 is 35.9. The first-order valence-electron chi connectivity index (χ1n) is 7.34. The van der Waals surface area contributed by atoms with Gasteiger partial charge in [-0.3, -0.25) is 9.08 Å². The molecule has 3 rings (SSSR count). The standard InChI is InChI=1S/C16H12Cl2N2O5S.K/c17-10-5-6-11(13(18)9-10)16(21)20-8-7-14(19-25-26(22,23)24)12-3-1-2-4-15(12)20;/h1-6,9H,7-8H2,(H,22,23,24);/q;+1/p-1/b19-14-;. The van der Waals surface area contributed by atoms with Gasteiger partial charge in [0, 0.05) is 23.6 Å². The Hall–Kier alpha value is -0.494. The van der Waals surface area contributed by atoms with Crippen LogP contribution < -0.4 is 56.3 Å². The van der Waals surface area contributed by atoms with E-state index >= 15 is 0 Å². The molecule has 136 valence electrons. The molecule has 0 N–H and O–H groups in total. The van der Waals surface area contributed by atoms with Crippen LogP contribution in [-0.4, -0.2) is 31.1 Å². The minimum atomic E-state index is -4.96. The Bertz CT molecular complexity index is 1010. The van der Waals surface area contributed by atoms with Gasteiger partial charge in [-0.15, -0.1) is 0 Å². The first-order valence-corrected chi connectivity index (χ1v) is 9.43. The van der Waals surface area contributed by atoms with E-state index in [0.717, 1.165) is 0 Å². The van der Waals surface area contributed by atoms with Crippen molar-refractivity contribution in [3.8, 4) is 0 Å². The molecule has 1 heterocycles. The zero-order valence-corrected chi connectivity index (χ0v) is 19.5. The van der Waals surface area contributed by atoms with Crippen LogP contribution in [0.3, 0.4) is 0 Å². The zero-order chi connectivity index (χ0) is 18.9. The van der Waals surface area contributed by atoms with E-state index in [9.17, 15) is 17.8 Å². The molecule has 7 nitrogen and oxygen atoms in total. The van der Waals surface area contributed by atoms with Crippen LogP contribution in [0.25, 0.3) is 0 Å². The smallest absolute Gasteiger partial charge is 0.714 e. The largest absolute Gasteiger partial charge is 1.00 e. The van der Waals surface area contributed by atoms with Crippen molar-refractivity contribution in [2.24, 2.45) is 5.16 Å². The number of halogens is 2. The summed E-state index contributed by atoms with van der Waals surface area (Å²) in [6, 6.07) is 11.3. The first kappa shape index (κ1) is 22.8. The van der Waals surface area contributed by atoms with Crippen molar-refractivity contribution < 1.29 is 73.4 Å². The summed E-state index contributed by atoms with van der Waals surface area (Å²) in [6.45, 7) is 0.204. The van der Waals surface area contributed by atoms with Crippen LogP contribution in [0, 0.1) is 0 Å².